The molecule has 23 heteroatoms. The van der Waals surface area contributed by atoms with E-state index < -0.39 is 22.8 Å². The van der Waals surface area contributed by atoms with Crippen LogP contribution in [0.15, 0.2) is 78.4 Å². The molecule has 84 heavy (non-hydrogen) atoms. The molecule has 0 aromatic heterocycles. The molecule has 5 aliphatic rings. The van der Waals surface area contributed by atoms with Crippen LogP contribution in [0.3, 0.4) is 0 Å². The minimum absolute atomic E-state index is 0.0417. The third-order valence-corrected chi connectivity index (χ3v) is 15.6. The van der Waals surface area contributed by atoms with E-state index in [1.807, 2.05) is 43.4 Å². The minimum Gasteiger partial charge on any atom is -0.504 e. The van der Waals surface area contributed by atoms with Crippen molar-refractivity contribution in [2.24, 2.45) is 5.92 Å². The van der Waals surface area contributed by atoms with Crippen molar-refractivity contribution in [3.63, 3.8) is 0 Å². The normalized spacial score (nSPS) is 21.1. The summed E-state index contributed by atoms with van der Waals surface area (Å²) in [5.74, 6) is 1.85. The first kappa shape index (κ1) is 71.4. The fraction of sp³-hybridized carbons (Fsp3) is 0.656. The zero-order valence-corrected chi connectivity index (χ0v) is 51.6. The number of piperidine rings is 1. The van der Waals surface area contributed by atoms with Crippen LogP contribution in [-0.2, 0) is 60.7 Å². The maximum Gasteiger partial charge on any atom is 0.416 e. The molecule has 1 spiro atoms. The Morgan fingerprint density at radius 3 is 1.86 bits per heavy atom. The fourth-order valence-electron chi connectivity index (χ4n) is 10.8. The van der Waals surface area contributed by atoms with Crippen LogP contribution in [-0.4, -0.2) is 229 Å². The molecule has 1 saturated heterocycles. The van der Waals surface area contributed by atoms with Crippen LogP contribution in [0.4, 0.5) is 13.2 Å². The first-order valence-corrected chi connectivity index (χ1v) is 31.3. The van der Waals surface area contributed by atoms with E-state index in [1.165, 1.54) is 30.5 Å². The molecule has 2 heterocycles. The molecule has 2 bridgehead atoms. The van der Waals surface area contributed by atoms with Gasteiger partial charge in [0.15, 0.2) is 11.5 Å². The third kappa shape index (κ3) is 22.7. The van der Waals surface area contributed by atoms with Gasteiger partial charge < -0.3 is 82.6 Å². The lowest BCUT2D eigenvalue weighted by Gasteiger charge is -2.63. The van der Waals surface area contributed by atoms with Crippen LogP contribution in [0, 0.1) is 5.92 Å². The number of hydrogen-bond donors (Lipinski definition) is 5. The summed E-state index contributed by atoms with van der Waals surface area (Å²) in [7, 11) is 2.01. The number of carbonyl (C=O) groups is 1. The van der Waals surface area contributed by atoms with Crippen molar-refractivity contribution in [2.45, 2.75) is 80.4 Å². The van der Waals surface area contributed by atoms with Crippen LogP contribution in [0.1, 0.15) is 66.9 Å². The van der Waals surface area contributed by atoms with Gasteiger partial charge in [0.05, 0.1) is 136 Å². The summed E-state index contributed by atoms with van der Waals surface area (Å²) in [6.45, 7) is 11.2. The van der Waals surface area contributed by atoms with Gasteiger partial charge in [-0.2, -0.15) is 13.2 Å². The fourth-order valence-corrected chi connectivity index (χ4v) is 11.3. The summed E-state index contributed by atoms with van der Waals surface area (Å²) in [5.41, 5.74) is 2.16. The van der Waals surface area contributed by atoms with Crippen LogP contribution < -0.4 is 9.47 Å². The van der Waals surface area contributed by atoms with Crippen LogP contribution in [0.2, 0.25) is 0 Å². The molecule has 3 aliphatic carbocycles. The van der Waals surface area contributed by atoms with Crippen molar-refractivity contribution in [1.82, 2.24) is 9.80 Å². The molecule has 2 unspecified atom stereocenters. The van der Waals surface area contributed by atoms with E-state index in [0.29, 0.717) is 137 Å². The van der Waals surface area contributed by atoms with E-state index in [0.717, 1.165) is 84.0 Å². The molecule has 2 aliphatic heterocycles. The second-order valence-electron chi connectivity index (χ2n) is 20.7. The molecule has 5 N–H and O–H groups in total. The van der Waals surface area contributed by atoms with Crippen molar-refractivity contribution in [3.05, 3.63) is 101 Å². The van der Waals surface area contributed by atoms with Crippen LogP contribution in [0.5, 0.6) is 17.2 Å². The number of rotatable bonds is 37. The van der Waals surface area contributed by atoms with Crippen molar-refractivity contribution in [1.29, 1.82) is 0 Å². The van der Waals surface area contributed by atoms with E-state index in [-0.39, 0.29) is 50.4 Å². The number of phenols is 1. The lowest BCUT2D eigenvalue weighted by molar-refractivity contribution is -0.174. The zero-order chi connectivity index (χ0) is 60.5. The Hall–Kier alpha value is -3.34. The SMILES string of the molecule is CN(CCOCCOC/C=C1/CC[C@@]2(O)[C@H]3Cc4ccc(O)c5c4[C@@]2(CCN3CC2CC2)C1O5)CCC(Oc1ccc(C(F)(F)F)cc1)c1ccccc1.O=CCOCCOCCBr.OCCOCCOCCBr.OCCOCCOCCO. The predicted molar refractivity (Wildman–Crippen MR) is 318 cm³/mol. The van der Waals surface area contributed by atoms with Gasteiger partial charge in [0.2, 0.25) is 0 Å². The Kier molecular flexibility index (Phi) is 33.6. The minimum atomic E-state index is -4.39. The number of aromatic hydroxyl groups is 1. The van der Waals surface area contributed by atoms with Gasteiger partial charge in [0, 0.05) is 48.3 Å². The van der Waals surface area contributed by atoms with Gasteiger partial charge >= 0.3 is 6.18 Å². The lowest BCUT2D eigenvalue weighted by atomic mass is 9.48. The number of likely N-dealkylation sites (tertiary alicyclic amines) is 1. The number of carbonyl (C=O) groups excluding carboxylic acids is 1. The van der Waals surface area contributed by atoms with E-state index in [1.54, 1.807) is 6.07 Å². The number of aliphatic hydroxyl groups excluding tert-OH is 3. The highest BCUT2D eigenvalue weighted by Crippen LogP contribution is 2.66. The molecule has 3 aromatic rings. The van der Waals surface area contributed by atoms with Crippen molar-refractivity contribution >= 4 is 38.1 Å². The summed E-state index contributed by atoms with van der Waals surface area (Å²) in [6.07, 6.45) is 4.03. The number of ether oxygens (including phenoxy) is 10. The highest BCUT2D eigenvalue weighted by Gasteiger charge is 2.72. The van der Waals surface area contributed by atoms with Gasteiger partial charge in [0.1, 0.15) is 30.9 Å². The van der Waals surface area contributed by atoms with Gasteiger partial charge in [0.25, 0.3) is 0 Å². The van der Waals surface area contributed by atoms with E-state index >= 15 is 0 Å². The Bertz CT molecular complexity index is 2260. The maximum absolute atomic E-state index is 13.0. The highest BCUT2D eigenvalue weighted by atomic mass is 79.9. The number of likely N-dealkylation sites (N-methyl/N-ethyl adjacent to an activating group) is 1. The summed E-state index contributed by atoms with van der Waals surface area (Å²) in [5, 5.41) is 50.0. The number of phenolic OH excluding ortho intramolecular Hbond substituents is 1. The summed E-state index contributed by atoms with van der Waals surface area (Å²) in [4.78, 5) is 14.4. The quantitative estimate of drug-likeness (QED) is 0.0168. The standard InChI is InChI=1S/C43H51F3N2O6.C6H13BrO3.C6H11BrO3.C6H14O4/c1-47(20-16-36(30-5-3-2-4-6-30)53-34-12-10-33(11-13-34)43(44,45)46)22-24-52-26-25-51-23-17-31-15-18-42(50)37-27-32-9-14-35(49)39-38(32)41(42,40(31)54-39)19-21-48(37)28-29-7-8-29;3*7-1-3-9-5-6-10-4-2-8/h2-6,9-14,17,29,36-37,40,49-50H,7-8,15-16,18-28H2,1H3;8H,1-6H2;2H,1,3-6H2;7-8H,1-6H2/b31-17-;;;/t36?,37-,40?,41+,42-;;;/m1.../s1. The number of aliphatic hydroxyl groups is 4. The molecule has 2 saturated carbocycles. The van der Waals surface area contributed by atoms with E-state index in [2.05, 4.69) is 47.7 Å². The molecule has 5 atom stereocenters. The Morgan fingerprint density at radius 1 is 0.726 bits per heavy atom. The summed E-state index contributed by atoms with van der Waals surface area (Å²) >= 11 is 6.44. The van der Waals surface area contributed by atoms with Gasteiger partial charge in [-0.25, -0.2) is 0 Å². The average molecular weight is 1320 g/mol. The number of aldehydes is 1. The third-order valence-electron chi connectivity index (χ3n) is 15.0. The Labute approximate surface area is 510 Å². The average Bonchev–Trinajstić information content (AvgIpc) is 1.38. The molecule has 0 radical (unpaired) electrons. The Balaban J connectivity index is 0.000000352. The summed E-state index contributed by atoms with van der Waals surface area (Å²) < 4.78 is 93.4. The monoisotopic (exact) mass is 1320 g/mol. The molecular weight excluding hydrogens is 1230 g/mol. The zero-order valence-electron chi connectivity index (χ0n) is 48.5. The van der Waals surface area contributed by atoms with Crippen molar-refractivity contribution in [2.75, 3.05) is 169 Å². The molecule has 474 valence electrons. The summed E-state index contributed by atoms with van der Waals surface area (Å²) in [6, 6.07) is 18.4. The molecule has 18 nitrogen and oxygen atoms in total. The second-order valence-corrected chi connectivity index (χ2v) is 22.3. The number of halogens is 5. The first-order chi connectivity index (χ1) is 40.8. The van der Waals surface area contributed by atoms with Crippen LogP contribution >= 0.6 is 31.9 Å². The number of nitrogens with zero attached hydrogens (tertiary/aromatic N) is 2. The van der Waals surface area contributed by atoms with Crippen LogP contribution in [0.25, 0.3) is 0 Å². The van der Waals surface area contributed by atoms with Gasteiger partial charge in [-0.05, 0) is 105 Å². The highest BCUT2D eigenvalue weighted by molar-refractivity contribution is 9.09. The largest absolute Gasteiger partial charge is 0.504 e. The predicted octanol–water partition coefficient (Wildman–Crippen LogP) is 7.10. The van der Waals surface area contributed by atoms with E-state index in [4.69, 9.17) is 62.7 Å². The molecule has 3 aromatic carbocycles. The van der Waals surface area contributed by atoms with Gasteiger partial charge in [-0.3, -0.25) is 4.90 Å². The Morgan fingerprint density at radius 2 is 1.30 bits per heavy atom. The molecule has 0 amide bonds. The molecule has 3 fully saturated rings. The van der Waals surface area contributed by atoms with Gasteiger partial charge in [-0.1, -0.05) is 74.3 Å². The smallest absolute Gasteiger partial charge is 0.416 e. The lowest BCUT2D eigenvalue weighted by Crippen LogP contribution is -2.75. The van der Waals surface area contributed by atoms with Gasteiger partial charge in [-0.15, -0.1) is 0 Å². The number of hydrogen-bond acceptors (Lipinski definition) is 18. The van der Waals surface area contributed by atoms with Crippen molar-refractivity contribution in [3.8, 4) is 17.2 Å². The number of benzene rings is 3. The maximum atomic E-state index is 13.0. The second kappa shape index (κ2) is 39.5. The molecule has 8 rings (SSSR count). The first-order valence-electron chi connectivity index (χ1n) is 29.1. The van der Waals surface area contributed by atoms with E-state index in [9.17, 15) is 28.2 Å². The molecular formula is C61H89Br2F3N2O16. The van der Waals surface area contributed by atoms with Crippen molar-refractivity contribution < 1.29 is 90.9 Å². The number of alkyl halides is 5. The topological polar surface area (TPSA) is 217 Å².